The van der Waals surface area contributed by atoms with Crippen LogP contribution in [0.15, 0.2) is 18.3 Å². The molecular weight excluding hydrogens is 204 g/mol. The maximum atomic E-state index is 11.3. The summed E-state index contributed by atoms with van der Waals surface area (Å²) in [5.74, 6) is -0.866. The normalized spacial score (nSPS) is 15.6. The van der Waals surface area contributed by atoms with Crippen molar-refractivity contribution in [1.82, 2.24) is 9.55 Å². The van der Waals surface area contributed by atoms with Crippen molar-refractivity contribution in [2.75, 3.05) is 0 Å². The van der Waals surface area contributed by atoms with Crippen LogP contribution in [0.3, 0.4) is 0 Å². The van der Waals surface area contributed by atoms with E-state index in [1.54, 1.807) is 12.3 Å². The second kappa shape index (κ2) is 3.07. The summed E-state index contributed by atoms with van der Waals surface area (Å²) in [4.78, 5) is 15.6. The van der Waals surface area contributed by atoms with Gasteiger partial charge < -0.3 is 9.67 Å². The zero-order valence-electron chi connectivity index (χ0n) is 8.97. The molecule has 0 atom stereocenters. The molecule has 1 N–H and O–H groups in total. The van der Waals surface area contributed by atoms with Gasteiger partial charge in [0.2, 0.25) is 0 Å². The number of fused-ring (bicyclic) bond motifs is 1. The van der Waals surface area contributed by atoms with E-state index < -0.39 is 5.97 Å². The Morgan fingerprint density at radius 1 is 1.56 bits per heavy atom. The molecular formula is C12H12N2O2. The molecule has 2 aromatic heterocycles. The lowest BCUT2D eigenvalue weighted by atomic mass is 10.2. The molecule has 0 aromatic carbocycles. The van der Waals surface area contributed by atoms with E-state index in [4.69, 9.17) is 0 Å². The molecule has 2 aromatic rings. The number of aromatic carboxylic acids is 1. The van der Waals surface area contributed by atoms with Gasteiger partial charge >= 0.3 is 5.97 Å². The van der Waals surface area contributed by atoms with Crippen LogP contribution < -0.4 is 0 Å². The minimum absolute atomic E-state index is 0.398. The Morgan fingerprint density at radius 2 is 2.31 bits per heavy atom. The van der Waals surface area contributed by atoms with Crippen molar-refractivity contribution in [2.24, 2.45) is 0 Å². The summed E-state index contributed by atoms with van der Waals surface area (Å²) in [6, 6.07) is 4.06. The summed E-state index contributed by atoms with van der Waals surface area (Å²) in [5.41, 5.74) is 2.03. The van der Waals surface area contributed by atoms with Crippen LogP contribution >= 0.6 is 0 Å². The fraction of sp³-hybridized carbons (Fsp3) is 0.333. The summed E-state index contributed by atoms with van der Waals surface area (Å²) in [6.07, 6.45) is 3.97. The molecule has 82 valence electrons. The molecule has 1 saturated carbocycles. The van der Waals surface area contributed by atoms with Gasteiger partial charge in [0.1, 0.15) is 5.65 Å². The zero-order valence-corrected chi connectivity index (χ0v) is 8.97. The Kier molecular flexibility index (Phi) is 1.80. The van der Waals surface area contributed by atoms with Crippen molar-refractivity contribution in [3.63, 3.8) is 0 Å². The molecule has 16 heavy (non-hydrogen) atoms. The first-order valence-corrected chi connectivity index (χ1v) is 5.39. The second-order valence-electron chi connectivity index (χ2n) is 4.24. The minimum Gasteiger partial charge on any atom is -0.478 e. The molecule has 1 aliphatic carbocycles. The van der Waals surface area contributed by atoms with Crippen molar-refractivity contribution in [2.45, 2.75) is 25.8 Å². The molecule has 0 bridgehead atoms. The fourth-order valence-electron chi connectivity index (χ4n) is 2.31. The number of aromatic nitrogens is 2. The van der Waals surface area contributed by atoms with Crippen molar-refractivity contribution in [1.29, 1.82) is 0 Å². The van der Waals surface area contributed by atoms with Crippen LogP contribution in [0.5, 0.6) is 0 Å². The first kappa shape index (κ1) is 9.39. The number of pyridine rings is 1. The van der Waals surface area contributed by atoms with Gasteiger partial charge in [0.15, 0.2) is 0 Å². The lowest BCUT2D eigenvalue weighted by Crippen LogP contribution is -2.01. The van der Waals surface area contributed by atoms with Crippen LogP contribution in [-0.4, -0.2) is 20.6 Å². The predicted octanol–water partition coefficient (Wildman–Crippen LogP) is 2.38. The highest BCUT2D eigenvalue weighted by Crippen LogP contribution is 2.40. The quantitative estimate of drug-likeness (QED) is 0.838. The molecule has 0 aliphatic heterocycles. The zero-order chi connectivity index (χ0) is 11.3. The Morgan fingerprint density at radius 3 is 2.94 bits per heavy atom. The summed E-state index contributed by atoms with van der Waals surface area (Å²) in [5, 5.41) is 9.99. The van der Waals surface area contributed by atoms with E-state index in [0.717, 1.165) is 29.6 Å². The average molecular weight is 216 g/mol. The molecule has 4 heteroatoms. The third-order valence-electron chi connectivity index (χ3n) is 3.13. The smallest absolute Gasteiger partial charge is 0.338 e. The number of rotatable bonds is 2. The van der Waals surface area contributed by atoms with Gasteiger partial charge in [0.05, 0.1) is 5.56 Å². The maximum Gasteiger partial charge on any atom is 0.338 e. The van der Waals surface area contributed by atoms with Crippen molar-refractivity contribution in [3.05, 3.63) is 29.6 Å². The number of carboxylic acid groups (broad SMARTS) is 1. The van der Waals surface area contributed by atoms with Gasteiger partial charge in [0.25, 0.3) is 0 Å². The van der Waals surface area contributed by atoms with Crippen molar-refractivity contribution < 1.29 is 9.90 Å². The number of carbonyl (C=O) groups is 1. The number of hydrogen-bond acceptors (Lipinski definition) is 2. The molecule has 0 radical (unpaired) electrons. The summed E-state index contributed by atoms with van der Waals surface area (Å²) in [6.45, 7) is 1.86. The Labute approximate surface area is 92.5 Å². The summed E-state index contributed by atoms with van der Waals surface area (Å²) < 4.78 is 2.07. The molecule has 1 aliphatic rings. The maximum absolute atomic E-state index is 11.3. The van der Waals surface area contributed by atoms with Crippen LogP contribution in [0.2, 0.25) is 0 Å². The summed E-state index contributed by atoms with van der Waals surface area (Å²) >= 11 is 0. The third-order valence-corrected chi connectivity index (χ3v) is 3.13. The molecule has 0 amide bonds. The van der Waals surface area contributed by atoms with Gasteiger partial charge in [-0.3, -0.25) is 0 Å². The van der Waals surface area contributed by atoms with Crippen LogP contribution in [0, 0.1) is 6.92 Å². The average Bonchev–Trinajstić information content (AvgIpc) is 3.01. The van der Waals surface area contributed by atoms with Gasteiger partial charge in [-0.25, -0.2) is 9.78 Å². The standard InChI is InChI=1S/C12H12N2O2/c1-7-10(12(15)16)9-3-2-6-13-11(9)14(7)8-4-5-8/h2-3,6,8H,4-5H2,1H3,(H,15,16). The molecule has 2 heterocycles. The van der Waals surface area contributed by atoms with E-state index in [1.807, 2.05) is 13.0 Å². The largest absolute Gasteiger partial charge is 0.478 e. The highest BCUT2D eigenvalue weighted by atomic mass is 16.4. The highest BCUT2D eigenvalue weighted by Gasteiger charge is 2.30. The van der Waals surface area contributed by atoms with E-state index in [0.29, 0.717) is 11.6 Å². The lowest BCUT2D eigenvalue weighted by molar-refractivity contribution is 0.0698. The van der Waals surface area contributed by atoms with Crippen LogP contribution in [0.25, 0.3) is 11.0 Å². The lowest BCUT2D eigenvalue weighted by Gasteiger charge is -2.04. The molecule has 0 saturated heterocycles. The van der Waals surface area contributed by atoms with E-state index in [9.17, 15) is 9.90 Å². The molecule has 4 nitrogen and oxygen atoms in total. The Hall–Kier alpha value is -1.84. The monoisotopic (exact) mass is 216 g/mol. The number of carboxylic acids is 1. The minimum atomic E-state index is -0.866. The molecule has 0 unspecified atom stereocenters. The fourth-order valence-corrected chi connectivity index (χ4v) is 2.31. The predicted molar refractivity (Wildman–Crippen MR) is 59.7 cm³/mol. The Bertz CT molecular complexity index is 582. The van der Waals surface area contributed by atoms with E-state index in [-0.39, 0.29) is 0 Å². The molecule has 1 fully saturated rings. The van der Waals surface area contributed by atoms with E-state index in [2.05, 4.69) is 9.55 Å². The first-order chi connectivity index (χ1) is 7.70. The molecule has 3 rings (SSSR count). The van der Waals surface area contributed by atoms with Crippen LogP contribution in [0.1, 0.15) is 34.9 Å². The third kappa shape index (κ3) is 1.16. The van der Waals surface area contributed by atoms with E-state index in [1.165, 1.54) is 0 Å². The van der Waals surface area contributed by atoms with Gasteiger partial charge in [-0.1, -0.05) is 0 Å². The SMILES string of the molecule is Cc1c(C(=O)O)c2cccnc2n1C1CC1. The number of hydrogen-bond donors (Lipinski definition) is 1. The van der Waals surface area contributed by atoms with Crippen molar-refractivity contribution in [3.8, 4) is 0 Å². The first-order valence-electron chi connectivity index (χ1n) is 5.39. The van der Waals surface area contributed by atoms with Crippen LogP contribution in [0.4, 0.5) is 0 Å². The van der Waals surface area contributed by atoms with Gasteiger partial charge in [-0.05, 0) is 31.9 Å². The topological polar surface area (TPSA) is 55.1 Å². The van der Waals surface area contributed by atoms with Gasteiger partial charge in [-0.15, -0.1) is 0 Å². The van der Waals surface area contributed by atoms with E-state index >= 15 is 0 Å². The van der Waals surface area contributed by atoms with Gasteiger partial charge in [-0.2, -0.15) is 0 Å². The van der Waals surface area contributed by atoms with Crippen LogP contribution in [-0.2, 0) is 0 Å². The number of nitrogens with zero attached hydrogens (tertiary/aromatic N) is 2. The molecule has 0 spiro atoms. The highest BCUT2D eigenvalue weighted by molar-refractivity contribution is 6.04. The van der Waals surface area contributed by atoms with Gasteiger partial charge in [0, 0.05) is 23.3 Å². The second-order valence-corrected chi connectivity index (χ2v) is 4.24. The Balaban J connectivity index is 2.40. The summed E-state index contributed by atoms with van der Waals surface area (Å²) in [7, 11) is 0. The van der Waals surface area contributed by atoms with Crippen molar-refractivity contribution >= 4 is 17.0 Å².